The van der Waals surface area contributed by atoms with Crippen molar-refractivity contribution in [2.75, 3.05) is 112 Å². The molecule has 23 heteroatoms. The number of aromatic nitrogens is 4. The fourth-order valence-corrected chi connectivity index (χ4v) is 11.5. The van der Waals surface area contributed by atoms with Gasteiger partial charge in [0.05, 0.1) is 57.0 Å². The van der Waals surface area contributed by atoms with Gasteiger partial charge in [-0.1, -0.05) is 31.9 Å². The van der Waals surface area contributed by atoms with E-state index < -0.39 is 30.5 Å². The number of rotatable bonds is 12. The quantitative estimate of drug-likeness (QED) is 0.126. The van der Waals surface area contributed by atoms with Crippen molar-refractivity contribution in [2.45, 2.75) is 114 Å². The number of piperidine rings is 2. The van der Waals surface area contributed by atoms with Gasteiger partial charge in [0.1, 0.15) is 22.9 Å². The summed E-state index contributed by atoms with van der Waals surface area (Å²) in [7, 11) is 10.1. The van der Waals surface area contributed by atoms with Gasteiger partial charge in [0.2, 0.25) is 11.9 Å². The molecular formula is C55H73F3N14O6. The van der Waals surface area contributed by atoms with E-state index in [9.17, 15) is 23.6 Å². The Labute approximate surface area is 454 Å². The zero-order valence-electron chi connectivity index (χ0n) is 45.7. The second-order valence-electron chi connectivity index (χ2n) is 21.6. The van der Waals surface area contributed by atoms with Gasteiger partial charge >= 0.3 is 5.92 Å². The molecule has 2 saturated carbocycles. The number of para-hydroxylation sites is 1. The Bertz CT molecular complexity index is 2810. The molecule has 0 bridgehead atoms. The number of nitrogens with zero attached hydrogens (tertiary/aromatic N) is 11. The molecule has 3 N–H and O–H groups in total. The molecule has 4 aliphatic heterocycles. The molecule has 2 aromatic carbocycles. The summed E-state index contributed by atoms with van der Waals surface area (Å²) in [5.74, 6) is -3.38. The molecule has 2 unspecified atom stereocenters. The molecule has 20 nitrogen and oxygen atoms in total. The molecule has 10 rings (SSSR count). The van der Waals surface area contributed by atoms with Crippen LogP contribution in [0, 0.1) is 5.92 Å². The van der Waals surface area contributed by atoms with Gasteiger partial charge in [0, 0.05) is 37.8 Å². The number of fused-ring (bicyclic) bond motifs is 2. The van der Waals surface area contributed by atoms with E-state index in [1.807, 2.05) is 11.9 Å². The second kappa shape index (κ2) is 23.9. The number of benzene rings is 2. The number of likely N-dealkylation sites (tertiary alicyclic amines) is 2. The number of hydrogen-bond acceptors (Lipinski definition) is 16. The van der Waals surface area contributed by atoms with E-state index in [0.29, 0.717) is 45.7 Å². The number of hydrogen-bond donors (Lipinski definition) is 3. The van der Waals surface area contributed by atoms with Crippen LogP contribution in [0.25, 0.3) is 0 Å². The van der Waals surface area contributed by atoms with Crippen LogP contribution in [0.4, 0.5) is 53.8 Å². The molecule has 4 fully saturated rings. The van der Waals surface area contributed by atoms with Crippen LogP contribution in [0.15, 0.2) is 54.9 Å². The standard InChI is InChI=1S/C28H37F2N7O3.C27H36FN7O3/c1-18-8-9-21(14-18)36-17-28(29,30)26(39)35(3)23-16-31-27(32-24(23)36)33-37(20-10-12-34(2)13-11-20)25(38)19-6-5-7-22(15-19)40-4;1-33-13-11-17(12-14-33)30-25(36)19-9-6-10-22(38-3)23(19)31-27-29-15-21-24(32-27)35(18-7-4-5-8-18)16-20(28)26(37)34(21)2/h5-7,15-16,18,20-21H,8-14,17H2,1-4H3,(H,31,32,33);6,9-10,15,17-18,20H,4-5,7-8,11-14,16H2,1-3H3,(H,30,36)(H,29,31,32)/t18-,21?;/m1./s1. The average molecular weight is 1080 g/mol. The highest BCUT2D eigenvalue weighted by atomic mass is 19.3. The first-order chi connectivity index (χ1) is 37.4. The van der Waals surface area contributed by atoms with Crippen LogP contribution < -0.4 is 45.1 Å². The van der Waals surface area contributed by atoms with Crippen molar-refractivity contribution in [3.8, 4) is 11.5 Å². The lowest BCUT2D eigenvalue weighted by Gasteiger charge is -2.37. The molecule has 2 aromatic heterocycles. The fourth-order valence-electron chi connectivity index (χ4n) is 11.5. The Morgan fingerprint density at radius 2 is 1.40 bits per heavy atom. The highest BCUT2D eigenvalue weighted by molar-refractivity contribution is 6.03. The molecule has 2 saturated heterocycles. The largest absolute Gasteiger partial charge is 0.497 e. The maximum Gasteiger partial charge on any atom is 0.342 e. The number of anilines is 7. The molecule has 4 amide bonds. The molecule has 6 aliphatic rings. The van der Waals surface area contributed by atoms with Gasteiger partial charge in [0.15, 0.2) is 17.8 Å². The van der Waals surface area contributed by atoms with Crippen LogP contribution >= 0.6 is 0 Å². The minimum Gasteiger partial charge on any atom is -0.497 e. The Morgan fingerprint density at radius 3 is 2.06 bits per heavy atom. The summed E-state index contributed by atoms with van der Waals surface area (Å²) in [6.07, 6.45) is 10.9. The van der Waals surface area contributed by atoms with Gasteiger partial charge in [-0.2, -0.15) is 18.7 Å². The maximum atomic E-state index is 15.1. The van der Waals surface area contributed by atoms with Crippen LogP contribution in [0.5, 0.6) is 11.5 Å². The van der Waals surface area contributed by atoms with Gasteiger partial charge in [0.25, 0.3) is 23.6 Å². The highest BCUT2D eigenvalue weighted by Gasteiger charge is 2.49. The van der Waals surface area contributed by atoms with Gasteiger partial charge in [-0.15, -0.1) is 0 Å². The van der Waals surface area contributed by atoms with Gasteiger partial charge in [-0.25, -0.2) is 19.4 Å². The van der Waals surface area contributed by atoms with Crippen molar-refractivity contribution in [2.24, 2.45) is 5.92 Å². The lowest BCUT2D eigenvalue weighted by atomic mass is 10.0. The number of alkyl halides is 3. The summed E-state index contributed by atoms with van der Waals surface area (Å²) in [5, 5.41) is 7.90. The number of hydrazine groups is 1. The molecule has 4 aromatic rings. The lowest BCUT2D eigenvalue weighted by molar-refractivity contribution is -0.140. The van der Waals surface area contributed by atoms with Crippen molar-refractivity contribution in [1.29, 1.82) is 0 Å². The summed E-state index contributed by atoms with van der Waals surface area (Å²) in [6, 6.07) is 12.1. The first kappa shape index (κ1) is 55.7. The van der Waals surface area contributed by atoms with Crippen LogP contribution in [0.3, 0.4) is 0 Å². The van der Waals surface area contributed by atoms with E-state index in [-0.39, 0.29) is 65.9 Å². The first-order valence-corrected chi connectivity index (χ1v) is 27.1. The fraction of sp³-hybridized carbons (Fsp3) is 0.564. The molecule has 2 aliphatic carbocycles. The Balaban J connectivity index is 0.000000190. The van der Waals surface area contributed by atoms with Crippen LogP contribution in [0.1, 0.15) is 98.3 Å². The smallest absolute Gasteiger partial charge is 0.342 e. The topological polar surface area (TPSA) is 197 Å². The summed E-state index contributed by atoms with van der Waals surface area (Å²) in [6.45, 7) is 4.81. The van der Waals surface area contributed by atoms with Crippen molar-refractivity contribution in [3.05, 3.63) is 66.0 Å². The lowest BCUT2D eigenvalue weighted by Crippen LogP contribution is -2.49. The number of amides is 4. The Kier molecular flexibility index (Phi) is 17.1. The van der Waals surface area contributed by atoms with Crippen LogP contribution in [-0.4, -0.2) is 176 Å². The number of ether oxygens (including phenoxy) is 2. The number of methoxy groups -OCH3 is 2. The summed E-state index contributed by atoms with van der Waals surface area (Å²) < 4.78 is 55.9. The van der Waals surface area contributed by atoms with Gasteiger partial charge < -0.3 is 49.5 Å². The van der Waals surface area contributed by atoms with E-state index in [1.54, 1.807) is 73.6 Å². The molecule has 420 valence electrons. The highest BCUT2D eigenvalue weighted by Crippen LogP contribution is 2.42. The van der Waals surface area contributed by atoms with E-state index >= 15 is 8.78 Å². The third-order valence-electron chi connectivity index (χ3n) is 16.2. The monoisotopic (exact) mass is 1080 g/mol. The molecule has 6 heterocycles. The number of nitrogens with one attached hydrogen (secondary N) is 3. The molecular weight excluding hydrogens is 1010 g/mol. The minimum absolute atomic E-state index is 0.0455. The SMILES string of the molecule is COc1cccc(C(=O)N(Nc2ncc3c(n2)N(C2CC[C@@H](C)C2)CC(F)(F)C(=O)N3C)C2CCN(C)CC2)c1.COc1cccc(C(=O)NC2CCN(C)CC2)c1Nc1ncc2c(n1)N(C1CCCC1)CC(F)C(=O)N2C. The molecule has 78 heavy (non-hydrogen) atoms. The summed E-state index contributed by atoms with van der Waals surface area (Å²) in [5.41, 5.74) is 5.12. The van der Waals surface area contributed by atoms with Crippen molar-refractivity contribution >= 4 is 64.2 Å². The number of carbonyl (C=O) groups is 4. The first-order valence-electron chi connectivity index (χ1n) is 27.1. The second-order valence-corrected chi connectivity index (χ2v) is 21.6. The Morgan fingerprint density at radius 1 is 0.756 bits per heavy atom. The van der Waals surface area contributed by atoms with Crippen molar-refractivity contribution in [3.63, 3.8) is 0 Å². The average Bonchev–Trinajstić information content (AvgIpc) is 4.24. The third kappa shape index (κ3) is 12.2. The number of halogens is 3. The van der Waals surface area contributed by atoms with Gasteiger partial charge in [-0.05, 0) is 134 Å². The van der Waals surface area contributed by atoms with Crippen LogP contribution in [0.2, 0.25) is 0 Å². The van der Waals surface area contributed by atoms with E-state index in [0.717, 1.165) is 102 Å². The van der Waals surface area contributed by atoms with Gasteiger partial charge in [-0.3, -0.25) is 24.6 Å². The third-order valence-corrected chi connectivity index (χ3v) is 16.2. The zero-order chi connectivity index (χ0) is 55.4. The van der Waals surface area contributed by atoms with E-state index in [1.165, 1.54) is 24.3 Å². The van der Waals surface area contributed by atoms with Crippen molar-refractivity contribution in [1.82, 2.24) is 40.1 Å². The normalized spacial score (nSPS) is 22.4. The van der Waals surface area contributed by atoms with Crippen molar-refractivity contribution < 1.29 is 41.8 Å². The summed E-state index contributed by atoms with van der Waals surface area (Å²) >= 11 is 0. The van der Waals surface area contributed by atoms with Crippen LogP contribution in [-0.2, 0) is 9.59 Å². The van der Waals surface area contributed by atoms with E-state index in [4.69, 9.17) is 14.5 Å². The minimum atomic E-state index is -3.57. The number of carbonyl (C=O) groups excluding carboxylic acids is 4. The molecule has 0 spiro atoms. The van der Waals surface area contributed by atoms with E-state index in [2.05, 4.69) is 54.8 Å². The predicted molar refractivity (Wildman–Crippen MR) is 292 cm³/mol. The molecule has 0 radical (unpaired) electrons. The Hall–Kier alpha value is -7.01. The predicted octanol–water partition coefficient (Wildman–Crippen LogP) is 6.77. The molecule has 3 atom stereocenters. The zero-order valence-corrected chi connectivity index (χ0v) is 45.7. The maximum absolute atomic E-state index is 15.1. The summed E-state index contributed by atoms with van der Waals surface area (Å²) in [4.78, 5) is 80.9.